The Kier molecular flexibility index (Phi) is 41.6. The first-order valence-electron chi connectivity index (χ1n) is 44.5. The zero-order valence-corrected chi connectivity index (χ0v) is 74.6. The molecule has 4 N–H and O–H groups in total. The van der Waals surface area contributed by atoms with Crippen LogP contribution in [0.3, 0.4) is 0 Å². The van der Waals surface area contributed by atoms with Crippen LogP contribution < -0.4 is 49.7 Å². The largest absolute Gasteiger partial charge is 0.493 e. The highest BCUT2D eigenvalue weighted by Crippen LogP contribution is 2.44. The van der Waals surface area contributed by atoms with Crippen molar-refractivity contribution in [2.75, 3.05) is 164 Å². The van der Waals surface area contributed by atoms with E-state index in [9.17, 15) is 38.4 Å². The second kappa shape index (κ2) is 53.2. The number of carbonyl (C=O) groups excluding carboxylic acids is 8. The summed E-state index contributed by atoms with van der Waals surface area (Å²) in [6, 6.07) is 17.2. The van der Waals surface area contributed by atoms with E-state index in [-0.39, 0.29) is 118 Å². The maximum absolute atomic E-state index is 14.2. The number of hydrogen-bond donors (Lipinski definition) is 4. The summed E-state index contributed by atoms with van der Waals surface area (Å²) in [5, 5.41) is 10.8. The third-order valence-electron chi connectivity index (χ3n) is 22.1. The second-order valence-electron chi connectivity index (χ2n) is 31.9. The van der Waals surface area contributed by atoms with E-state index in [0.717, 1.165) is 28.0 Å². The lowest BCUT2D eigenvalue weighted by Gasteiger charge is -2.24. The topological polar surface area (TPSA) is 348 Å². The van der Waals surface area contributed by atoms with Gasteiger partial charge in [0.05, 0.1) is 173 Å². The van der Waals surface area contributed by atoms with Gasteiger partial charge in [0.1, 0.15) is 12.1 Å². The maximum atomic E-state index is 14.2. The highest BCUT2D eigenvalue weighted by molar-refractivity contribution is 8.00. The van der Waals surface area contributed by atoms with Crippen molar-refractivity contribution in [3.05, 3.63) is 101 Å². The minimum absolute atomic E-state index is 0.0108. The van der Waals surface area contributed by atoms with Gasteiger partial charge in [-0.15, -0.1) is 11.8 Å². The Bertz CT molecular complexity index is 4280. The van der Waals surface area contributed by atoms with Gasteiger partial charge in [0, 0.05) is 94.3 Å². The maximum Gasteiger partial charge on any atom is 0.260 e. The van der Waals surface area contributed by atoms with Crippen molar-refractivity contribution < 1.29 is 105 Å². The Morgan fingerprint density at radius 1 is 0.504 bits per heavy atom. The van der Waals surface area contributed by atoms with Gasteiger partial charge in [0.2, 0.25) is 42.2 Å². The minimum Gasteiger partial charge on any atom is -0.493 e. The van der Waals surface area contributed by atoms with Crippen LogP contribution in [0.25, 0.3) is 11.1 Å². The Morgan fingerprint density at radius 3 is 1.53 bits per heavy atom. The standard InChI is InChI=1S/C93H129N9O22S/c1-8-10-12-13-14-15-16-18-21-66(20-17-11-9-2)62-125-84-57-87(105)100(93(84)110)31-28-85(103)94-30-35-114-37-39-116-41-43-118-45-47-120-49-48-119-46-44-117-42-40-115-38-36-113-34-29-86(104)99-88(64(3)4)90(107)97-65(5)89(106)98-71-25-22-67(23-26-71)69-50-72-58-95-76-55-82(79(111-6)53-74(76)91(108)101(72)60-69)121-32-19-33-122-83-56-77-75(54-80(83)112-7)92(109)102-61-70(51-73(102)59-96-77)68-24-27-78-81(52-68)124-63-123-78/h22-27,52-56,58-61,64-66,72-73,84,88H,8-21,28-51,57,62-63H2,1-7H3,(H,94,103)(H,97,107)(H,98,106)(H,99,104)/t65-,66?,72-,73-,84?,88-/m0/s1. The van der Waals surface area contributed by atoms with Crippen molar-refractivity contribution in [1.29, 1.82) is 0 Å². The molecule has 0 aromatic heterocycles. The SMILES string of the molecule is CCCCCCCCCCC(CCCCC)CSC1CC(=O)N(CCC(=O)NCCOCCOCCOCCOCCOCCOCCOCCOCCC(=O)N[C@H](C(=O)N[C@@H](C)C(=O)Nc2ccc(C3=CN4C(=O)c5cc(OC)c(OCCCOc6cc7c(cc6OC)C(=O)N6C=C(c8ccc9c(c8)OCO9)C[C@H]6C=N7)cc5N=C[C@@H]4C3)cc2)C(C)C)C1=O. The normalized spacial score (nSPS) is 16.9. The van der Waals surface area contributed by atoms with Gasteiger partial charge in [-0.1, -0.05) is 117 Å². The van der Waals surface area contributed by atoms with E-state index in [0.29, 0.717) is 187 Å². The molecule has 0 spiro atoms. The van der Waals surface area contributed by atoms with Gasteiger partial charge in [0.15, 0.2) is 34.5 Å². The number of ether oxygens (including phenoxy) is 14. The van der Waals surface area contributed by atoms with Gasteiger partial charge in [-0.05, 0) is 96.0 Å². The first-order valence-corrected chi connectivity index (χ1v) is 45.6. The van der Waals surface area contributed by atoms with Crippen LogP contribution in [0, 0.1) is 11.8 Å². The van der Waals surface area contributed by atoms with Gasteiger partial charge in [-0.25, -0.2) is 0 Å². The molecule has 0 bridgehead atoms. The quantitative estimate of drug-likeness (QED) is 0.0236. The molecule has 8 amide bonds. The Labute approximate surface area is 739 Å². The molecule has 31 nitrogen and oxygen atoms in total. The number of carbonyl (C=O) groups is 8. The lowest BCUT2D eigenvalue weighted by atomic mass is 9.96. The number of fused-ring (bicyclic) bond motifs is 5. The number of nitrogens with zero attached hydrogens (tertiary/aromatic N) is 5. The average Bonchev–Trinajstić information content (AvgIpc) is 1.65. The zero-order chi connectivity index (χ0) is 88.5. The molecule has 6 aliphatic rings. The van der Waals surface area contributed by atoms with E-state index in [2.05, 4.69) is 35.1 Å². The van der Waals surface area contributed by atoms with Crippen molar-refractivity contribution in [3.63, 3.8) is 0 Å². The van der Waals surface area contributed by atoms with Crippen LogP contribution in [0.5, 0.6) is 34.5 Å². The summed E-state index contributed by atoms with van der Waals surface area (Å²) in [4.78, 5) is 121. The van der Waals surface area contributed by atoms with Crippen LogP contribution in [0.4, 0.5) is 17.1 Å². The van der Waals surface area contributed by atoms with Crippen molar-refractivity contribution >= 4 is 99.7 Å². The number of hydrogen-bond acceptors (Lipinski definition) is 25. The van der Waals surface area contributed by atoms with Gasteiger partial charge < -0.3 is 97.4 Å². The number of benzene rings is 4. The van der Waals surface area contributed by atoms with Gasteiger partial charge in [-0.2, -0.15) is 0 Å². The van der Waals surface area contributed by atoms with Crippen LogP contribution in [0.15, 0.2) is 89.1 Å². The smallest absolute Gasteiger partial charge is 0.260 e. The van der Waals surface area contributed by atoms with E-state index in [1.54, 1.807) is 91.2 Å². The third-order valence-corrected chi connectivity index (χ3v) is 23.6. The Balaban J connectivity index is 0.498. The number of aliphatic imine (C=N–C) groups is 2. The van der Waals surface area contributed by atoms with Crippen LogP contribution in [-0.4, -0.2) is 263 Å². The van der Waals surface area contributed by atoms with Gasteiger partial charge in [-0.3, -0.25) is 53.2 Å². The predicted molar refractivity (Wildman–Crippen MR) is 476 cm³/mol. The molecule has 0 aliphatic carbocycles. The monoisotopic (exact) mass is 1760 g/mol. The van der Waals surface area contributed by atoms with E-state index in [4.69, 9.17) is 76.3 Å². The molecule has 6 aliphatic heterocycles. The number of likely N-dealkylation sites (tertiary alicyclic amines) is 1. The van der Waals surface area contributed by atoms with Crippen molar-refractivity contribution in [2.24, 2.45) is 21.8 Å². The van der Waals surface area contributed by atoms with Crippen molar-refractivity contribution in [1.82, 2.24) is 30.7 Å². The fourth-order valence-electron chi connectivity index (χ4n) is 15.0. The molecule has 4 aromatic rings. The average molecular weight is 1760 g/mol. The number of thioether (sulfide) groups is 1. The van der Waals surface area contributed by atoms with Gasteiger partial charge in [0.25, 0.3) is 11.8 Å². The molecule has 4 aromatic carbocycles. The third kappa shape index (κ3) is 30.9. The molecule has 1 saturated heterocycles. The summed E-state index contributed by atoms with van der Waals surface area (Å²) in [6.07, 6.45) is 25.4. The number of nitrogens with one attached hydrogen (secondary N) is 4. The van der Waals surface area contributed by atoms with Gasteiger partial charge >= 0.3 is 0 Å². The molecular weight excluding hydrogens is 1630 g/mol. The molecule has 0 radical (unpaired) electrons. The highest BCUT2D eigenvalue weighted by Gasteiger charge is 2.40. The molecule has 2 unspecified atom stereocenters. The minimum atomic E-state index is -0.947. The Morgan fingerprint density at radius 2 is 0.992 bits per heavy atom. The van der Waals surface area contributed by atoms with E-state index >= 15 is 0 Å². The van der Waals surface area contributed by atoms with Crippen LogP contribution in [0.1, 0.15) is 188 Å². The van der Waals surface area contributed by atoms with E-state index in [1.807, 2.05) is 42.7 Å². The first-order chi connectivity index (χ1) is 60.9. The highest BCUT2D eigenvalue weighted by atomic mass is 32.2. The number of anilines is 1. The van der Waals surface area contributed by atoms with Crippen LogP contribution >= 0.6 is 11.8 Å². The summed E-state index contributed by atoms with van der Waals surface area (Å²) in [5.41, 5.74) is 5.77. The summed E-state index contributed by atoms with van der Waals surface area (Å²) < 4.78 is 79.5. The number of unbranched alkanes of at least 4 members (excludes halogenated alkanes) is 9. The second-order valence-corrected chi connectivity index (χ2v) is 33.1. The fraction of sp³-hybridized carbons (Fsp3) is 0.591. The van der Waals surface area contributed by atoms with Crippen LogP contribution in [0.2, 0.25) is 0 Å². The van der Waals surface area contributed by atoms with Crippen LogP contribution in [-0.2, 0) is 66.7 Å². The van der Waals surface area contributed by atoms with E-state index in [1.165, 1.54) is 103 Å². The lowest BCUT2D eigenvalue weighted by Crippen LogP contribution is -2.53. The Hall–Kier alpha value is -9.51. The number of methoxy groups -OCH3 is 2. The summed E-state index contributed by atoms with van der Waals surface area (Å²) in [5.74, 6) is 1.72. The molecular formula is C93H129N9O22S. The number of rotatable bonds is 62. The lowest BCUT2D eigenvalue weighted by molar-refractivity contribution is -0.138. The molecule has 32 heteroatoms. The predicted octanol–water partition coefficient (Wildman–Crippen LogP) is 12.4. The summed E-state index contributed by atoms with van der Waals surface area (Å²) >= 11 is 1.64. The summed E-state index contributed by atoms with van der Waals surface area (Å²) in [7, 11) is 3.02. The van der Waals surface area contributed by atoms with Crippen molar-refractivity contribution in [2.45, 2.75) is 186 Å². The molecule has 125 heavy (non-hydrogen) atoms. The molecule has 684 valence electrons. The zero-order valence-electron chi connectivity index (χ0n) is 73.8. The number of imide groups is 1. The van der Waals surface area contributed by atoms with E-state index < -0.39 is 23.9 Å². The number of amides is 8. The molecule has 0 saturated carbocycles. The van der Waals surface area contributed by atoms with Crippen molar-refractivity contribution in [3.8, 4) is 34.5 Å². The molecule has 1 fully saturated rings. The summed E-state index contributed by atoms with van der Waals surface area (Å²) in [6.45, 7) is 16.3. The first kappa shape index (κ1) is 97.7. The fourth-order valence-corrected chi connectivity index (χ4v) is 16.4. The molecule has 10 rings (SSSR count). The molecule has 6 heterocycles. The molecule has 6 atom stereocenters.